The van der Waals surface area contributed by atoms with E-state index in [1.54, 1.807) is 0 Å². The fraction of sp³-hybridized carbons (Fsp3) is 0.375. The van der Waals surface area contributed by atoms with Gasteiger partial charge in [-0.3, -0.25) is 0 Å². The maximum Gasteiger partial charge on any atom is 0.158 e. The van der Waals surface area contributed by atoms with Gasteiger partial charge in [-0.25, -0.2) is 17.9 Å². The summed E-state index contributed by atoms with van der Waals surface area (Å²) in [6.07, 6.45) is 1.55. The van der Waals surface area contributed by atoms with Gasteiger partial charge in [0.25, 0.3) is 0 Å². The van der Waals surface area contributed by atoms with Gasteiger partial charge in [-0.05, 0) is 31.9 Å². The van der Waals surface area contributed by atoms with Gasteiger partial charge < -0.3 is 5.32 Å². The second-order valence-corrected chi connectivity index (χ2v) is 8.36. The van der Waals surface area contributed by atoms with Crippen molar-refractivity contribution >= 4 is 32.2 Å². The molecule has 0 unspecified atom stereocenters. The fourth-order valence-electron chi connectivity index (χ4n) is 3.22. The largest absolute Gasteiger partial charge is 0.366 e. The normalized spacial score (nSPS) is 20.8. The molecule has 0 spiro atoms. The van der Waals surface area contributed by atoms with Crippen molar-refractivity contribution in [1.29, 1.82) is 0 Å². The van der Waals surface area contributed by atoms with E-state index in [9.17, 15) is 8.42 Å². The van der Waals surface area contributed by atoms with Gasteiger partial charge in [0, 0.05) is 17.5 Å². The lowest BCUT2D eigenvalue weighted by Gasteiger charge is -2.24. The Bertz CT molecular complexity index is 994. The molecule has 6 nitrogen and oxygen atoms in total. The minimum Gasteiger partial charge on any atom is -0.366 e. The minimum absolute atomic E-state index is 0.0869. The molecule has 1 fully saturated rings. The molecular weight excluding hydrogens is 312 g/mol. The highest BCUT2D eigenvalue weighted by molar-refractivity contribution is 7.91. The fourth-order valence-corrected chi connectivity index (χ4v) is 4.85. The molecule has 1 aliphatic rings. The highest BCUT2D eigenvalue weighted by Crippen LogP contribution is 2.25. The third-order valence-corrected chi connectivity index (χ3v) is 6.05. The number of hydrogen-bond donors (Lipinski definition) is 1. The first-order valence-corrected chi connectivity index (χ1v) is 9.56. The van der Waals surface area contributed by atoms with E-state index >= 15 is 0 Å². The first-order valence-electron chi connectivity index (χ1n) is 7.74. The number of benzene rings is 1. The predicted molar refractivity (Wildman–Crippen MR) is 90.5 cm³/mol. The number of rotatable bonds is 2. The van der Waals surface area contributed by atoms with Crippen molar-refractivity contribution in [3.8, 4) is 0 Å². The average molecular weight is 330 g/mol. The highest BCUT2D eigenvalue weighted by Gasteiger charge is 2.25. The molecule has 1 atom stereocenters. The Hall–Kier alpha value is -2.15. The van der Waals surface area contributed by atoms with Gasteiger partial charge in [-0.15, -0.1) is 0 Å². The van der Waals surface area contributed by atoms with Crippen LogP contribution in [0.5, 0.6) is 0 Å². The number of aryl methyl sites for hydroxylation is 1. The van der Waals surface area contributed by atoms with Gasteiger partial charge in [-0.2, -0.15) is 5.10 Å². The molecule has 1 N–H and O–H groups in total. The summed E-state index contributed by atoms with van der Waals surface area (Å²) in [6.45, 7) is 1.93. The van der Waals surface area contributed by atoms with Crippen LogP contribution in [0.4, 0.5) is 5.82 Å². The van der Waals surface area contributed by atoms with E-state index in [0.29, 0.717) is 12.2 Å². The van der Waals surface area contributed by atoms with Crippen LogP contribution in [0.2, 0.25) is 0 Å². The number of fused-ring (bicyclic) bond motifs is 3. The second-order valence-electron chi connectivity index (χ2n) is 6.13. The molecule has 0 amide bonds. The van der Waals surface area contributed by atoms with Gasteiger partial charge in [0.2, 0.25) is 0 Å². The number of sulfone groups is 1. The molecule has 3 aromatic rings. The smallest absolute Gasteiger partial charge is 0.158 e. The number of nitrogens with zero attached hydrogens (tertiary/aromatic N) is 3. The monoisotopic (exact) mass is 330 g/mol. The number of aromatic nitrogens is 3. The molecule has 0 bridgehead atoms. The minimum atomic E-state index is -2.95. The van der Waals surface area contributed by atoms with Gasteiger partial charge >= 0.3 is 0 Å². The standard InChI is InChI=1S/C16H18N4O2S/c1-11-9-15-18-16(17-12-5-4-8-23(21,22)10-12)13-6-2-3-7-14(13)20(15)19-11/h2-3,6-7,9,12H,4-5,8,10H2,1H3,(H,17,18)/t12-/m0/s1. The summed E-state index contributed by atoms with van der Waals surface area (Å²) in [6, 6.07) is 9.74. The zero-order chi connectivity index (χ0) is 16.0. The van der Waals surface area contributed by atoms with Crippen molar-refractivity contribution in [2.45, 2.75) is 25.8 Å². The quantitative estimate of drug-likeness (QED) is 0.779. The molecule has 4 rings (SSSR count). The van der Waals surface area contributed by atoms with Crippen LogP contribution in [0, 0.1) is 6.92 Å². The molecule has 0 saturated carbocycles. The summed E-state index contributed by atoms with van der Waals surface area (Å²) >= 11 is 0. The Morgan fingerprint density at radius 1 is 1.30 bits per heavy atom. The third-order valence-electron chi connectivity index (χ3n) is 4.23. The molecule has 0 aliphatic carbocycles. The lowest BCUT2D eigenvalue weighted by atomic mass is 10.1. The van der Waals surface area contributed by atoms with E-state index in [1.165, 1.54) is 0 Å². The Labute approximate surface area is 134 Å². The summed E-state index contributed by atoms with van der Waals surface area (Å²) < 4.78 is 25.5. The van der Waals surface area contributed by atoms with Gasteiger partial charge in [0.15, 0.2) is 15.5 Å². The van der Waals surface area contributed by atoms with Gasteiger partial charge in [0.05, 0.1) is 22.7 Å². The topological polar surface area (TPSA) is 76.4 Å². The van der Waals surface area contributed by atoms with Gasteiger partial charge in [0.1, 0.15) is 5.82 Å². The van der Waals surface area contributed by atoms with Crippen molar-refractivity contribution in [3.05, 3.63) is 36.0 Å². The summed E-state index contributed by atoms with van der Waals surface area (Å²) in [7, 11) is -2.95. The second kappa shape index (κ2) is 5.19. The Kier molecular flexibility index (Phi) is 3.26. The highest BCUT2D eigenvalue weighted by atomic mass is 32.2. The van der Waals surface area contributed by atoms with E-state index in [0.717, 1.165) is 34.5 Å². The van der Waals surface area contributed by atoms with E-state index < -0.39 is 9.84 Å². The molecule has 7 heteroatoms. The van der Waals surface area contributed by atoms with Crippen LogP contribution in [0.1, 0.15) is 18.5 Å². The molecule has 1 saturated heterocycles. The zero-order valence-corrected chi connectivity index (χ0v) is 13.7. The zero-order valence-electron chi connectivity index (χ0n) is 12.9. The molecule has 3 heterocycles. The van der Waals surface area contributed by atoms with Crippen LogP contribution >= 0.6 is 0 Å². The van der Waals surface area contributed by atoms with Crippen LogP contribution in [-0.4, -0.2) is 40.6 Å². The Morgan fingerprint density at radius 3 is 2.96 bits per heavy atom. The summed E-state index contributed by atoms with van der Waals surface area (Å²) in [5.41, 5.74) is 2.63. The first-order chi connectivity index (χ1) is 11.0. The Balaban J connectivity index is 1.82. The third kappa shape index (κ3) is 2.65. The van der Waals surface area contributed by atoms with Crippen LogP contribution in [-0.2, 0) is 9.84 Å². The summed E-state index contributed by atoms with van der Waals surface area (Å²) in [5, 5.41) is 8.78. The Morgan fingerprint density at radius 2 is 2.13 bits per heavy atom. The van der Waals surface area contributed by atoms with E-state index in [-0.39, 0.29) is 11.8 Å². The van der Waals surface area contributed by atoms with Crippen LogP contribution in [0.25, 0.3) is 16.6 Å². The van der Waals surface area contributed by atoms with Crippen molar-refractivity contribution in [1.82, 2.24) is 14.6 Å². The molecule has 23 heavy (non-hydrogen) atoms. The van der Waals surface area contributed by atoms with Crippen LogP contribution < -0.4 is 5.32 Å². The van der Waals surface area contributed by atoms with E-state index in [2.05, 4.69) is 15.4 Å². The van der Waals surface area contributed by atoms with Crippen molar-refractivity contribution in [2.75, 3.05) is 16.8 Å². The number of hydrogen-bond acceptors (Lipinski definition) is 5. The maximum absolute atomic E-state index is 11.9. The molecule has 2 aromatic heterocycles. The van der Waals surface area contributed by atoms with E-state index in [1.807, 2.05) is 41.8 Å². The number of para-hydroxylation sites is 1. The number of anilines is 1. The van der Waals surface area contributed by atoms with Crippen molar-refractivity contribution < 1.29 is 8.42 Å². The summed E-state index contributed by atoms with van der Waals surface area (Å²) in [4.78, 5) is 4.66. The molecule has 1 aliphatic heterocycles. The maximum atomic E-state index is 11.9. The SMILES string of the molecule is Cc1cc2nc(N[C@H]3CCCS(=O)(=O)C3)c3ccccc3n2n1. The lowest BCUT2D eigenvalue weighted by Crippen LogP contribution is -2.35. The molecule has 1 aromatic carbocycles. The first kappa shape index (κ1) is 14.4. The predicted octanol–water partition coefficient (Wildman–Crippen LogP) is 2.18. The molecular formula is C16H18N4O2S. The van der Waals surface area contributed by atoms with E-state index in [4.69, 9.17) is 0 Å². The van der Waals surface area contributed by atoms with Crippen molar-refractivity contribution in [2.24, 2.45) is 0 Å². The molecule has 120 valence electrons. The van der Waals surface area contributed by atoms with Crippen LogP contribution in [0.3, 0.4) is 0 Å². The number of nitrogens with one attached hydrogen (secondary N) is 1. The van der Waals surface area contributed by atoms with Gasteiger partial charge in [-0.1, -0.05) is 12.1 Å². The summed E-state index contributed by atoms with van der Waals surface area (Å²) in [5.74, 6) is 1.20. The van der Waals surface area contributed by atoms with Crippen LogP contribution in [0.15, 0.2) is 30.3 Å². The average Bonchev–Trinajstić information content (AvgIpc) is 2.87. The lowest BCUT2D eigenvalue weighted by molar-refractivity contribution is 0.561. The molecule has 0 radical (unpaired) electrons. The van der Waals surface area contributed by atoms with Crippen molar-refractivity contribution in [3.63, 3.8) is 0 Å².